The summed E-state index contributed by atoms with van der Waals surface area (Å²) in [6.45, 7) is 6.78. The van der Waals surface area contributed by atoms with Gasteiger partial charge in [0.15, 0.2) is 0 Å². The van der Waals surface area contributed by atoms with Gasteiger partial charge in [0, 0.05) is 0 Å². The molecule has 2 radical (unpaired) electrons. The molecule has 0 N–H and O–H groups in total. The van der Waals surface area contributed by atoms with Gasteiger partial charge in [0.25, 0.3) is 0 Å². The zero-order chi connectivity index (χ0) is 10.2. The van der Waals surface area contributed by atoms with Crippen molar-refractivity contribution in [3.63, 3.8) is 0 Å². The molecule has 0 bridgehead atoms. The van der Waals surface area contributed by atoms with Crippen molar-refractivity contribution in [2.75, 3.05) is 0 Å². The van der Waals surface area contributed by atoms with E-state index in [1.54, 1.807) is 0 Å². The number of rotatable bonds is 8. The summed E-state index contributed by atoms with van der Waals surface area (Å²) >= 11 is 0.954. The van der Waals surface area contributed by atoms with Gasteiger partial charge >= 0.3 is 97.3 Å². The van der Waals surface area contributed by atoms with E-state index in [4.69, 9.17) is 3.07 Å². The van der Waals surface area contributed by atoms with Crippen LogP contribution in [0.25, 0.3) is 0 Å². The van der Waals surface area contributed by atoms with Gasteiger partial charge in [-0.05, 0) is 0 Å². The fraction of sp³-hybridized carbons (Fsp3) is 1.00. The maximum atomic E-state index is 5.85. The number of hydrogen-bond donors (Lipinski definition) is 0. The van der Waals surface area contributed by atoms with Gasteiger partial charge in [-0.25, -0.2) is 0 Å². The Morgan fingerprint density at radius 1 is 0.923 bits per heavy atom. The molecular formula is C11H24OSn. The van der Waals surface area contributed by atoms with E-state index in [0.29, 0.717) is 0 Å². The first-order valence-electron chi connectivity index (χ1n) is 5.62. The van der Waals surface area contributed by atoms with E-state index >= 15 is 0 Å². The van der Waals surface area contributed by atoms with Crippen molar-refractivity contribution in [3.8, 4) is 0 Å². The monoisotopic (exact) mass is 292 g/mol. The molecule has 0 atom stereocenters. The summed E-state index contributed by atoms with van der Waals surface area (Å²) < 4.78 is 5.85. The van der Waals surface area contributed by atoms with Crippen molar-refractivity contribution < 1.29 is 3.07 Å². The van der Waals surface area contributed by atoms with Crippen LogP contribution in [0.5, 0.6) is 0 Å². The Labute approximate surface area is 97.3 Å². The fourth-order valence-corrected chi connectivity index (χ4v) is 2.97. The van der Waals surface area contributed by atoms with Gasteiger partial charge in [0.1, 0.15) is 0 Å². The molecule has 0 aliphatic heterocycles. The Morgan fingerprint density at radius 2 is 1.46 bits per heavy atom. The summed E-state index contributed by atoms with van der Waals surface area (Å²) in [5.41, 5.74) is 0.252. The summed E-state index contributed by atoms with van der Waals surface area (Å²) in [5.74, 6) is 0. The number of hydrogen-bond acceptors (Lipinski definition) is 1. The molecule has 0 aromatic heterocycles. The van der Waals surface area contributed by atoms with Crippen molar-refractivity contribution in [1.29, 1.82) is 0 Å². The molecule has 2 heteroatoms. The van der Waals surface area contributed by atoms with E-state index in [0.717, 1.165) is 22.9 Å². The van der Waals surface area contributed by atoms with Gasteiger partial charge in [0.05, 0.1) is 0 Å². The summed E-state index contributed by atoms with van der Waals surface area (Å²) in [4.78, 5) is 0. The second-order valence-corrected chi connectivity index (χ2v) is 4.58. The molecule has 0 heterocycles. The summed E-state index contributed by atoms with van der Waals surface area (Å²) in [6, 6.07) is 0. The Morgan fingerprint density at radius 3 is 1.77 bits per heavy atom. The van der Waals surface area contributed by atoms with Crippen molar-refractivity contribution in [2.45, 2.75) is 71.3 Å². The Bertz CT molecular complexity index is 109. The molecule has 78 valence electrons. The maximum absolute atomic E-state index is 5.85. The van der Waals surface area contributed by atoms with E-state index < -0.39 is 0 Å². The summed E-state index contributed by atoms with van der Waals surface area (Å²) in [5, 5.41) is 0. The van der Waals surface area contributed by atoms with Crippen molar-refractivity contribution >= 4 is 22.9 Å². The Balaban J connectivity index is 4.07. The van der Waals surface area contributed by atoms with Crippen molar-refractivity contribution in [1.82, 2.24) is 0 Å². The molecule has 0 aliphatic carbocycles. The van der Waals surface area contributed by atoms with Crippen LogP contribution in [0.1, 0.15) is 65.7 Å². The van der Waals surface area contributed by atoms with Gasteiger partial charge in [-0.3, -0.25) is 0 Å². The Kier molecular flexibility index (Phi) is 8.57. The predicted octanol–water partition coefficient (Wildman–Crippen LogP) is 3.35. The first-order valence-corrected chi connectivity index (χ1v) is 6.97. The van der Waals surface area contributed by atoms with Gasteiger partial charge in [0.2, 0.25) is 0 Å². The zero-order valence-corrected chi connectivity index (χ0v) is 12.7. The van der Waals surface area contributed by atoms with Crippen LogP contribution in [0.4, 0.5) is 0 Å². The molecule has 0 aromatic rings. The average Bonchev–Trinajstić information content (AvgIpc) is 2.15. The van der Waals surface area contributed by atoms with Crippen LogP contribution >= 0.6 is 0 Å². The molecule has 0 amide bonds. The summed E-state index contributed by atoms with van der Waals surface area (Å²) in [6.07, 6.45) is 8.89. The van der Waals surface area contributed by atoms with E-state index in [1.807, 2.05) is 0 Å². The third-order valence-electron chi connectivity index (χ3n) is 2.65. The second-order valence-electron chi connectivity index (χ2n) is 3.90. The standard InChI is InChI=1S/C11H23O.Sn.H/c1-4-7-10-11(12,8-5-2)9-6-3;;/h4-10H2,1-3H3;;/q-1;+1;. The Hall–Kier alpha value is 0.759. The van der Waals surface area contributed by atoms with Crippen LogP contribution in [0.15, 0.2) is 0 Å². The van der Waals surface area contributed by atoms with E-state index in [-0.39, 0.29) is 5.60 Å². The van der Waals surface area contributed by atoms with E-state index in [9.17, 15) is 0 Å². The van der Waals surface area contributed by atoms with Crippen LogP contribution in [-0.4, -0.2) is 28.5 Å². The van der Waals surface area contributed by atoms with Crippen LogP contribution < -0.4 is 0 Å². The average molecular weight is 291 g/mol. The second kappa shape index (κ2) is 8.10. The van der Waals surface area contributed by atoms with Gasteiger partial charge in [-0.2, -0.15) is 0 Å². The molecule has 0 saturated heterocycles. The van der Waals surface area contributed by atoms with Crippen molar-refractivity contribution in [2.24, 2.45) is 0 Å². The molecule has 13 heavy (non-hydrogen) atoms. The van der Waals surface area contributed by atoms with Crippen molar-refractivity contribution in [3.05, 3.63) is 0 Å². The summed E-state index contributed by atoms with van der Waals surface area (Å²) in [7, 11) is 0. The topological polar surface area (TPSA) is 9.23 Å². The zero-order valence-electron chi connectivity index (χ0n) is 9.44. The van der Waals surface area contributed by atoms with Crippen LogP contribution in [0, 0.1) is 0 Å². The molecule has 0 unspecified atom stereocenters. The van der Waals surface area contributed by atoms with Crippen LogP contribution in [-0.2, 0) is 3.07 Å². The normalized spacial score (nSPS) is 12.0. The minimum absolute atomic E-state index is 0.252. The molecule has 0 fully saturated rings. The third-order valence-corrected chi connectivity index (χ3v) is 4.07. The first-order chi connectivity index (χ1) is 6.24. The SMILES string of the molecule is CCCCC(CCC)(CCC)[O][SnH]. The minimum atomic E-state index is 0.252. The molecular weight excluding hydrogens is 267 g/mol. The molecule has 0 rings (SSSR count). The van der Waals surface area contributed by atoms with Gasteiger partial charge in [-0.15, -0.1) is 0 Å². The van der Waals surface area contributed by atoms with Gasteiger partial charge < -0.3 is 0 Å². The predicted molar refractivity (Wildman–Crippen MR) is 60.3 cm³/mol. The fourth-order valence-electron chi connectivity index (χ4n) is 1.96. The quantitative estimate of drug-likeness (QED) is 0.623. The molecule has 0 saturated carbocycles. The van der Waals surface area contributed by atoms with E-state index in [1.165, 1.54) is 44.9 Å². The van der Waals surface area contributed by atoms with Gasteiger partial charge in [-0.1, -0.05) is 0 Å². The third kappa shape index (κ3) is 5.26. The van der Waals surface area contributed by atoms with E-state index in [2.05, 4.69) is 20.8 Å². The molecule has 0 spiro atoms. The molecule has 0 aromatic carbocycles. The van der Waals surface area contributed by atoms with Crippen LogP contribution in [0.2, 0.25) is 0 Å². The molecule has 0 aliphatic rings. The number of unbranched alkanes of at least 4 members (excludes halogenated alkanes) is 1. The first kappa shape index (κ1) is 13.8. The van der Waals surface area contributed by atoms with Crippen LogP contribution in [0.3, 0.4) is 0 Å². The molecule has 1 nitrogen and oxygen atoms in total.